The van der Waals surface area contributed by atoms with Crippen molar-refractivity contribution in [3.05, 3.63) is 43.8 Å². The number of hydrogen-bond donors (Lipinski definition) is 1. The zero-order valence-corrected chi connectivity index (χ0v) is 14.7. The van der Waals surface area contributed by atoms with E-state index in [2.05, 4.69) is 40.7 Å². The standard InChI is InChI=1S/C15H17BrN6O2/c1-20-13(23)2-12(19-15(20)24)21-5-9-7-22(8-10(9)6-21)14-17-3-11(16)4-18-14/h2-4,9-10H,5-8H2,1H3,(H,19,24). The summed E-state index contributed by atoms with van der Waals surface area (Å²) in [6.07, 6.45) is 3.51. The van der Waals surface area contributed by atoms with Gasteiger partial charge in [0.25, 0.3) is 5.56 Å². The fourth-order valence-corrected chi connectivity index (χ4v) is 3.74. The van der Waals surface area contributed by atoms with Crippen molar-refractivity contribution in [2.75, 3.05) is 36.0 Å². The summed E-state index contributed by atoms with van der Waals surface area (Å²) in [4.78, 5) is 39.4. The number of aromatic amines is 1. The Kier molecular flexibility index (Phi) is 3.67. The molecule has 0 amide bonds. The minimum absolute atomic E-state index is 0.282. The Hall–Kier alpha value is -2.16. The van der Waals surface area contributed by atoms with Crippen LogP contribution in [0.25, 0.3) is 0 Å². The number of halogens is 1. The molecule has 0 saturated carbocycles. The summed E-state index contributed by atoms with van der Waals surface area (Å²) in [5.74, 6) is 2.32. The van der Waals surface area contributed by atoms with Crippen LogP contribution in [-0.2, 0) is 7.05 Å². The van der Waals surface area contributed by atoms with E-state index in [-0.39, 0.29) is 11.2 Å². The van der Waals surface area contributed by atoms with Gasteiger partial charge in [0.1, 0.15) is 5.82 Å². The molecular formula is C15H17BrN6O2. The molecule has 24 heavy (non-hydrogen) atoms. The van der Waals surface area contributed by atoms with E-state index in [0.29, 0.717) is 17.7 Å². The zero-order chi connectivity index (χ0) is 16.8. The molecule has 2 aliphatic heterocycles. The first-order chi connectivity index (χ1) is 11.5. The molecule has 1 N–H and O–H groups in total. The van der Waals surface area contributed by atoms with Crippen LogP contribution in [-0.4, -0.2) is 45.7 Å². The normalized spacial score (nSPS) is 22.9. The maximum absolute atomic E-state index is 11.8. The maximum Gasteiger partial charge on any atom is 0.329 e. The number of aromatic nitrogens is 4. The molecule has 0 spiro atoms. The highest BCUT2D eigenvalue weighted by Gasteiger charge is 2.41. The van der Waals surface area contributed by atoms with Gasteiger partial charge in [0, 0.05) is 63.5 Å². The number of rotatable bonds is 2. The highest BCUT2D eigenvalue weighted by atomic mass is 79.9. The van der Waals surface area contributed by atoms with E-state index < -0.39 is 0 Å². The summed E-state index contributed by atoms with van der Waals surface area (Å²) in [6, 6.07) is 1.50. The van der Waals surface area contributed by atoms with Gasteiger partial charge >= 0.3 is 5.69 Å². The first-order valence-electron chi connectivity index (χ1n) is 7.79. The van der Waals surface area contributed by atoms with Crippen LogP contribution in [0, 0.1) is 11.8 Å². The van der Waals surface area contributed by atoms with Crippen molar-refractivity contribution in [3.63, 3.8) is 0 Å². The second-order valence-corrected chi connectivity index (χ2v) is 7.30. The first kappa shape index (κ1) is 15.4. The van der Waals surface area contributed by atoms with Crippen molar-refractivity contribution in [2.45, 2.75) is 0 Å². The molecule has 2 saturated heterocycles. The summed E-state index contributed by atoms with van der Waals surface area (Å²) in [5, 5.41) is 0. The van der Waals surface area contributed by atoms with Gasteiger partial charge in [-0.1, -0.05) is 0 Å². The average molecular weight is 393 g/mol. The third-order valence-electron chi connectivity index (χ3n) is 4.85. The van der Waals surface area contributed by atoms with Crippen LogP contribution in [0.4, 0.5) is 11.8 Å². The van der Waals surface area contributed by atoms with Crippen LogP contribution >= 0.6 is 15.9 Å². The van der Waals surface area contributed by atoms with Crippen molar-refractivity contribution in [1.29, 1.82) is 0 Å². The molecule has 0 aliphatic carbocycles. The molecule has 2 unspecified atom stereocenters. The Morgan fingerprint density at radius 3 is 2.25 bits per heavy atom. The number of nitrogens with one attached hydrogen (secondary N) is 1. The van der Waals surface area contributed by atoms with Crippen LogP contribution in [0.5, 0.6) is 0 Å². The molecule has 9 heteroatoms. The molecule has 2 aromatic rings. The average Bonchev–Trinajstić information content (AvgIpc) is 3.11. The number of anilines is 2. The summed E-state index contributed by atoms with van der Waals surface area (Å²) in [5.41, 5.74) is -0.657. The van der Waals surface area contributed by atoms with Gasteiger partial charge in [-0.2, -0.15) is 0 Å². The van der Waals surface area contributed by atoms with Gasteiger partial charge in [-0.05, 0) is 15.9 Å². The SMILES string of the molecule is Cn1c(=O)cc(N2CC3CN(c4ncc(Br)cn4)CC3C2)[nH]c1=O. The lowest BCUT2D eigenvalue weighted by Crippen LogP contribution is -2.36. The predicted molar refractivity (Wildman–Crippen MR) is 93.4 cm³/mol. The summed E-state index contributed by atoms with van der Waals surface area (Å²) in [7, 11) is 1.47. The van der Waals surface area contributed by atoms with Crippen LogP contribution in [0.2, 0.25) is 0 Å². The lowest BCUT2D eigenvalue weighted by molar-refractivity contribution is 0.533. The largest absolute Gasteiger partial charge is 0.357 e. The molecule has 2 aromatic heterocycles. The van der Waals surface area contributed by atoms with Gasteiger partial charge in [-0.15, -0.1) is 0 Å². The lowest BCUT2D eigenvalue weighted by atomic mass is 10.0. The Labute approximate surface area is 146 Å². The molecule has 2 fully saturated rings. The Balaban J connectivity index is 1.49. The van der Waals surface area contributed by atoms with E-state index in [0.717, 1.165) is 41.2 Å². The molecule has 2 atom stereocenters. The van der Waals surface area contributed by atoms with Crippen LogP contribution in [0.1, 0.15) is 0 Å². The van der Waals surface area contributed by atoms with Gasteiger partial charge in [-0.25, -0.2) is 14.8 Å². The highest BCUT2D eigenvalue weighted by Crippen LogP contribution is 2.34. The van der Waals surface area contributed by atoms with E-state index in [9.17, 15) is 9.59 Å². The monoisotopic (exact) mass is 392 g/mol. The second-order valence-electron chi connectivity index (χ2n) is 6.39. The molecule has 8 nitrogen and oxygen atoms in total. The van der Waals surface area contributed by atoms with E-state index >= 15 is 0 Å². The Morgan fingerprint density at radius 1 is 1.08 bits per heavy atom. The quantitative estimate of drug-likeness (QED) is 0.785. The summed E-state index contributed by atoms with van der Waals surface area (Å²) < 4.78 is 1.94. The van der Waals surface area contributed by atoms with Crippen molar-refractivity contribution in [1.82, 2.24) is 19.5 Å². The fraction of sp³-hybridized carbons (Fsp3) is 0.467. The minimum atomic E-state index is -0.376. The van der Waals surface area contributed by atoms with Gasteiger partial charge in [0.2, 0.25) is 5.95 Å². The molecule has 0 radical (unpaired) electrons. The molecule has 2 aliphatic rings. The molecule has 4 rings (SSSR count). The van der Waals surface area contributed by atoms with Gasteiger partial charge < -0.3 is 9.80 Å². The van der Waals surface area contributed by atoms with Crippen molar-refractivity contribution in [3.8, 4) is 0 Å². The Morgan fingerprint density at radius 2 is 1.67 bits per heavy atom. The van der Waals surface area contributed by atoms with Gasteiger partial charge in [-0.3, -0.25) is 14.3 Å². The summed E-state index contributed by atoms with van der Waals surface area (Å²) in [6.45, 7) is 3.41. The maximum atomic E-state index is 11.8. The molecule has 126 valence electrons. The van der Waals surface area contributed by atoms with Gasteiger partial charge in [0.15, 0.2) is 0 Å². The number of fused-ring (bicyclic) bond motifs is 1. The highest BCUT2D eigenvalue weighted by molar-refractivity contribution is 9.10. The van der Waals surface area contributed by atoms with E-state index in [1.54, 1.807) is 12.4 Å². The van der Waals surface area contributed by atoms with Gasteiger partial charge in [0.05, 0.1) is 4.47 Å². The van der Waals surface area contributed by atoms with E-state index in [1.165, 1.54) is 13.1 Å². The topological polar surface area (TPSA) is 87.1 Å². The molecule has 0 aromatic carbocycles. The molecular weight excluding hydrogens is 376 g/mol. The second kappa shape index (κ2) is 5.73. The third kappa shape index (κ3) is 2.62. The van der Waals surface area contributed by atoms with Crippen molar-refractivity contribution >= 4 is 27.7 Å². The van der Waals surface area contributed by atoms with Crippen molar-refractivity contribution in [2.24, 2.45) is 18.9 Å². The van der Waals surface area contributed by atoms with Crippen molar-refractivity contribution < 1.29 is 0 Å². The minimum Gasteiger partial charge on any atom is -0.357 e. The van der Waals surface area contributed by atoms with E-state index in [4.69, 9.17) is 0 Å². The van der Waals surface area contributed by atoms with Crippen LogP contribution in [0.15, 0.2) is 32.5 Å². The van der Waals surface area contributed by atoms with E-state index in [1.807, 2.05) is 0 Å². The zero-order valence-electron chi connectivity index (χ0n) is 13.1. The fourth-order valence-electron chi connectivity index (χ4n) is 3.54. The Bertz CT molecular complexity index is 832. The smallest absolute Gasteiger partial charge is 0.329 e. The molecule has 0 bridgehead atoms. The van der Waals surface area contributed by atoms with Crippen LogP contribution < -0.4 is 21.0 Å². The number of nitrogens with zero attached hydrogens (tertiary/aromatic N) is 5. The lowest BCUT2D eigenvalue weighted by Gasteiger charge is -2.22. The van der Waals surface area contributed by atoms with Crippen LogP contribution in [0.3, 0.4) is 0 Å². The third-order valence-corrected chi connectivity index (χ3v) is 5.26. The summed E-state index contributed by atoms with van der Waals surface area (Å²) >= 11 is 3.35. The number of H-pyrrole nitrogens is 1. The predicted octanol–water partition coefficient (Wildman–Crippen LogP) is 0.199. The first-order valence-corrected chi connectivity index (χ1v) is 8.58. The molecule has 4 heterocycles. The number of hydrogen-bond acceptors (Lipinski definition) is 6.